The molecule has 0 aliphatic rings. The smallest absolute Gasteiger partial charge is 0.262 e. The van der Waals surface area contributed by atoms with E-state index in [1.807, 2.05) is 19.9 Å². The van der Waals surface area contributed by atoms with Crippen LogP contribution in [0.2, 0.25) is 0 Å². The summed E-state index contributed by atoms with van der Waals surface area (Å²) in [6.45, 7) is 4.26. The van der Waals surface area contributed by atoms with Crippen LogP contribution in [0, 0.1) is 13.8 Å². The number of benzene rings is 1. The maximum atomic E-state index is 13.3. The zero-order chi connectivity index (χ0) is 20.4. The van der Waals surface area contributed by atoms with Crippen molar-refractivity contribution in [2.75, 3.05) is 14.2 Å². The lowest BCUT2D eigenvalue weighted by Gasteiger charge is -2.14. The van der Waals surface area contributed by atoms with E-state index in [1.165, 1.54) is 11.3 Å². The van der Waals surface area contributed by atoms with Gasteiger partial charge in [0.15, 0.2) is 11.5 Å². The Balaban J connectivity index is 2.22. The predicted octanol–water partition coefficient (Wildman–Crippen LogP) is 3.02. The molecule has 1 aromatic carbocycles. The van der Waals surface area contributed by atoms with E-state index in [1.54, 1.807) is 30.9 Å². The van der Waals surface area contributed by atoms with Crippen LogP contribution in [0.1, 0.15) is 23.3 Å². The Morgan fingerprint density at radius 2 is 1.93 bits per heavy atom. The molecule has 0 spiro atoms. The SMILES string of the molecule is COc1ccc(-c2nc3sc(C)c(C)c3c(=O)n2CCCC(N)=O)cc1OC. The number of fused-ring (bicyclic) bond motifs is 1. The zero-order valence-corrected chi connectivity index (χ0v) is 17.2. The van der Waals surface area contributed by atoms with Crippen molar-refractivity contribution in [1.29, 1.82) is 0 Å². The van der Waals surface area contributed by atoms with Gasteiger partial charge in [-0.25, -0.2) is 4.98 Å². The van der Waals surface area contributed by atoms with Crippen LogP contribution in [-0.2, 0) is 11.3 Å². The molecule has 0 aliphatic heterocycles. The molecule has 2 aromatic heterocycles. The Morgan fingerprint density at radius 3 is 2.57 bits per heavy atom. The third-order valence-electron chi connectivity index (χ3n) is 4.74. The van der Waals surface area contributed by atoms with Gasteiger partial charge in [0.05, 0.1) is 19.6 Å². The molecule has 3 rings (SSSR count). The highest BCUT2D eigenvalue weighted by molar-refractivity contribution is 7.18. The molecule has 0 saturated heterocycles. The van der Waals surface area contributed by atoms with Crippen LogP contribution in [-0.4, -0.2) is 29.7 Å². The van der Waals surface area contributed by atoms with E-state index in [0.29, 0.717) is 40.5 Å². The van der Waals surface area contributed by atoms with Gasteiger partial charge in [0.2, 0.25) is 5.91 Å². The minimum absolute atomic E-state index is 0.110. The third-order valence-corrected chi connectivity index (χ3v) is 5.84. The van der Waals surface area contributed by atoms with Gasteiger partial charge in [-0.2, -0.15) is 0 Å². The number of ether oxygens (including phenoxy) is 2. The highest BCUT2D eigenvalue weighted by Gasteiger charge is 2.18. The third kappa shape index (κ3) is 3.60. The molecule has 7 nitrogen and oxygen atoms in total. The molecule has 0 unspecified atom stereocenters. The van der Waals surface area contributed by atoms with Crippen molar-refractivity contribution in [3.05, 3.63) is 39.0 Å². The van der Waals surface area contributed by atoms with Crippen LogP contribution in [0.15, 0.2) is 23.0 Å². The minimum Gasteiger partial charge on any atom is -0.493 e. The number of thiophene rings is 1. The summed E-state index contributed by atoms with van der Waals surface area (Å²) in [7, 11) is 3.13. The van der Waals surface area contributed by atoms with Crippen molar-refractivity contribution in [3.8, 4) is 22.9 Å². The summed E-state index contributed by atoms with van der Waals surface area (Å²) in [5.74, 6) is 1.29. The molecule has 0 radical (unpaired) electrons. The number of carbonyl (C=O) groups excluding carboxylic acids is 1. The average Bonchev–Trinajstić information content (AvgIpc) is 2.96. The standard InChI is InChI=1S/C20H23N3O4S/c1-11-12(2)28-19-17(11)20(25)23(9-5-6-16(21)24)18(22-19)13-7-8-14(26-3)15(10-13)27-4/h7-8,10H,5-6,9H2,1-4H3,(H2,21,24). The Kier molecular flexibility index (Phi) is 5.69. The lowest BCUT2D eigenvalue weighted by molar-refractivity contribution is -0.118. The highest BCUT2D eigenvalue weighted by atomic mass is 32.1. The van der Waals surface area contributed by atoms with Gasteiger partial charge in [-0.1, -0.05) is 0 Å². The number of methoxy groups -OCH3 is 2. The predicted molar refractivity (Wildman–Crippen MR) is 110 cm³/mol. The van der Waals surface area contributed by atoms with Gasteiger partial charge >= 0.3 is 0 Å². The topological polar surface area (TPSA) is 96.4 Å². The van der Waals surface area contributed by atoms with Crippen LogP contribution < -0.4 is 20.8 Å². The van der Waals surface area contributed by atoms with Crippen LogP contribution in [0.5, 0.6) is 11.5 Å². The molecule has 0 atom stereocenters. The molecule has 148 valence electrons. The summed E-state index contributed by atoms with van der Waals surface area (Å²) < 4.78 is 12.3. The van der Waals surface area contributed by atoms with Crippen LogP contribution in [0.3, 0.4) is 0 Å². The normalized spacial score (nSPS) is 11.0. The Morgan fingerprint density at radius 1 is 1.21 bits per heavy atom. The number of carbonyl (C=O) groups is 1. The van der Waals surface area contributed by atoms with Gasteiger partial charge in [0, 0.05) is 23.4 Å². The van der Waals surface area contributed by atoms with Crippen molar-refractivity contribution in [2.24, 2.45) is 5.73 Å². The van der Waals surface area contributed by atoms with Gasteiger partial charge in [-0.15, -0.1) is 11.3 Å². The van der Waals surface area contributed by atoms with Gasteiger partial charge in [0.1, 0.15) is 10.7 Å². The molecule has 2 heterocycles. The number of primary amides is 1. The molecule has 2 N–H and O–H groups in total. The summed E-state index contributed by atoms with van der Waals surface area (Å²) >= 11 is 1.50. The second kappa shape index (κ2) is 8.02. The number of rotatable bonds is 7. The van der Waals surface area contributed by atoms with Gasteiger partial charge < -0.3 is 15.2 Å². The van der Waals surface area contributed by atoms with E-state index in [2.05, 4.69) is 0 Å². The van der Waals surface area contributed by atoms with Crippen molar-refractivity contribution < 1.29 is 14.3 Å². The van der Waals surface area contributed by atoms with E-state index < -0.39 is 5.91 Å². The first-order chi connectivity index (χ1) is 13.4. The fourth-order valence-electron chi connectivity index (χ4n) is 3.14. The molecule has 0 aliphatic carbocycles. The second-order valence-electron chi connectivity index (χ2n) is 6.50. The summed E-state index contributed by atoms with van der Waals surface area (Å²) in [4.78, 5) is 31.0. The Bertz CT molecular complexity index is 1100. The van der Waals surface area contributed by atoms with E-state index in [4.69, 9.17) is 20.2 Å². The molecule has 3 aromatic rings. The van der Waals surface area contributed by atoms with Gasteiger partial charge in [-0.3, -0.25) is 14.2 Å². The number of amides is 1. The van der Waals surface area contributed by atoms with Crippen molar-refractivity contribution in [2.45, 2.75) is 33.2 Å². The van der Waals surface area contributed by atoms with Crippen molar-refractivity contribution in [1.82, 2.24) is 9.55 Å². The molecule has 0 fully saturated rings. The molecular formula is C20H23N3O4S. The fourth-order valence-corrected chi connectivity index (χ4v) is 4.16. The van der Waals surface area contributed by atoms with E-state index in [-0.39, 0.29) is 12.0 Å². The maximum Gasteiger partial charge on any atom is 0.262 e. The average molecular weight is 401 g/mol. The molecule has 1 amide bonds. The molecule has 8 heteroatoms. The van der Waals surface area contributed by atoms with E-state index in [0.717, 1.165) is 16.0 Å². The molecule has 28 heavy (non-hydrogen) atoms. The maximum absolute atomic E-state index is 13.3. The second-order valence-corrected chi connectivity index (χ2v) is 7.70. The van der Waals surface area contributed by atoms with Crippen molar-refractivity contribution in [3.63, 3.8) is 0 Å². The van der Waals surface area contributed by atoms with Crippen molar-refractivity contribution >= 4 is 27.5 Å². The van der Waals surface area contributed by atoms with Gasteiger partial charge in [-0.05, 0) is 44.0 Å². The summed E-state index contributed by atoms with van der Waals surface area (Å²) in [6.07, 6.45) is 0.669. The quantitative estimate of drug-likeness (QED) is 0.656. The summed E-state index contributed by atoms with van der Waals surface area (Å²) in [5, 5.41) is 0.630. The zero-order valence-electron chi connectivity index (χ0n) is 16.4. The number of hydrogen-bond acceptors (Lipinski definition) is 6. The summed E-state index contributed by atoms with van der Waals surface area (Å²) in [6, 6.07) is 5.42. The summed E-state index contributed by atoms with van der Waals surface area (Å²) in [5.41, 5.74) is 6.83. The van der Waals surface area contributed by atoms with Crippen LogP contribution >= 0.6 is 11.3 Å². The Labute approximate surface area is 166 Å². The lowest BCUT2D eigenvalue weighted by atomic mass is 10.1. The number of nitrogens with zero attached hydrogens (tertiary/aromatic N) is 2. The van der Waals surface area contributed by atoms with E-state index in [9.17, 15) is 9.59 Å². The van der Waals surface area contributed by atoms with Gasteiger partial charge in [0.25, 0.3) is 5.56 Å². The lowest BCUT2D eigenvalue weighted by Crippen LogP contribution is -2.24. The highest BCUT2D eigenvalue weighted by Crippen LogP contribution is 2.33. The number of hydrogen-bond donors (Lipinski definition) is 1. The minimum atomic E-state index is -0.391. The van der Waals surface area contributed by atoms with Crippen LogP contribution in [0.4, 0.5) is 0 Å². The molecular weight excluding hydrogens is 378 g/mol. The first-order valence-corrected chi connectivity index (χ1v) is 9.70. The first-order valence-electron chi connectivity index (χ1n) is 8.88. The Hall–Kier alpha value is -2.87. The molecule has 0 saturated carbocycles. The largest absolute Gasteiger partial charge is 0.493 e. The molecule has 0 bridgehead atoms. The number of nitrogens with two attached hydrogens (primary N) is 1. The van der Waals surface area contributed by atoms with E-state index >= 15 is 0 Å². The fraction of sp³-hybridized carbons (Fsp3) is 0.350. The number of aryl methyl sites for hydroxylation is 2. The number of aromatic nitrogens is 2. The van der Waals surface area contributed by atoms with Crippen LogP contribution in [0.25, 0.3) is 21.6 Å². The monoisotopic (exact) mass is 401 g/mol. The first kappa shape index (κ1) is 19.9.